The van der Waals surface area contributed by atoms with Crippen LogP contribution in [0.3, 0.4) is 0 Å². The van der Waals surface area contributed by atoms with E-state index >= 15 is 0 Å². The molecular weight excluding hydrogens is 447 g/mol. The maximum atomic E-state index is 13.3. The Kier molecular flexibility index (Phi) is 5.57. The van der Waals surface area contributed by atoms with E-state index in [4.69, 9.17) is 0 Å². The van der Waals surface area contributed by atoms with E-state index in [1.54, 1.807) is 6.20 Å². The Labute approximate surface area is 185 Å². The average Bonchev–Trinajstić information content (AvgIpc) is 3.17. The largest absolute Gasteiger partial charge is 0.366 e. The molecule has 12 heteroatoms. The molecular formula is C19H22F3N7S2. The first-order chi connectivity index (χ1) is 15.0. The molecule has 0 spiro atoms. The van der Waals surface area contributed by atoms with Crippen LogP contribution in [0.1, 0.15) is 31.2 Å². The van der Waals surface area contributed by atoms with Crippen molar-refractivity contribution in [3.8, 4) is 10.7 Å². The molecule has 1 atom stereocenters. The maximum absolute atomic E-state index is 13.3. The Bertz CT molecular complexity index is 1080. The molecule has 0 amide bonds. The van der Waals surface area contributed by atoms with Crippen molar-refractivity contribution in [2.24, 2.45) is 0 Å². The first kappa shape index (κ1) is 21.0. The van der Waals surface area contributed by atoms with Gasteiger partial charge in [0.05, 0.1) is 17.9 Å². The molecule has 0 bridgehead atoms. The number of hydrogen-bond donors (Lipinski definition) is 2. The quantitative estimate of drug-likeness (QED) is 0.512. The summed E-state index contributed by atoms with van der Waals surface area (Å²) in [6, 6.07) is 1.82. The van der Waals surface area contributed by atoms with Crippen LogP contribution in [0, 0.1) is 0 Å². The maximum Gasteiger partial charge on any atom is 0.291 e. The van der Waals surface area contributed by atoms with Crippen LogP contribution in [0.5, 0.6) is 0 Å². The van der Waals surface area contributed by atoms with Gasteiger partial charge in [-0.2, -0.15) is 0 Å². The number of aromatic nitrogens is 4. The Balaban J connectivity index is 1.56. The monoisotopic (exact) mass is 469 g/mol. The summed E-state index contributed by atoms with van der Waals surface area (Å²) in [7, 11) is 0. The zero-order valence-corrected chi connectivity index (χ0v) is 18.4. The highest BCUT2D eigenvalue weighted by Crippen LogP contribution is 2.39. The van der Waals surface area contributed by atoms with Gasteiger partial charge < -0.3 is 10.2 Å². The number of fused-ring (bicyclic) bond motifs is 1. The highest BCUT2D eigenvalue weighted by atomic mass is 32.2. The van der Waals surface area contributed by atoms with Gasteiger partial charge in [0.15, 0.2) is 15.7 Å². The Morgan fingerprint density at radius 3 is 2.94 bits per heavy atom. The molecule has 31 heavy (non-hydrogen) atoms. The van der Waals surface area contributed by atoms with Crippen molar-refractivity contribution in [3.63, 3.8) is 0 Å². The van der Waals surface area contributed by atoms with Crippen LogP contribution >= 0.6 is 23.3 Å². The fourth-order valence-corrected chi connectivity index (χ4v) is 5.14. The van der Waals surface area contributed by atoms with Crippen molar-refractivity contribution in [1.29, 1.82) is 0 Å². The predicted molar refractivity (Wildman–Crippen MR) is 116 cm³/mol. The summed E-state index contributed by atoms with van der Waals surface area (Å²) in [5.41, 5.74) is 2.32. The van der Waals surface area contributed by atoms with Crippen LogP contribution < -0.4 is 14.9 Å². The molecule has 1 saturated heterocycles. The molecule has 4 heterocycles. The van der Waals surface area contributed by atoms with Gasteiger partial charge in [-0.3, -0.25) is 9.12 Å². The van der Waals surface area contributed by atoms with Gasteiger partial charge in [-0.1, -0.05) is 11.3 Å². The summed E-state index contributed by atoms with van der Waals surface area (Å²) in [5.74, 6) is 0. The summed E-state index contributed by atoms with van der Waals surface area (Å²) in [6.45, 7) is 3.67. The lowest BCUT2D eigenvalue weighted by Crippen LogP contribution is -2.51. The topological polar surface area (TPSA) is 70.4 Å². The lowest BCUT2D eigenvalue weighted by Gasteiger charge is -2.34. The van der Waals surface area contributed by atoms with Crippen molar-refractivity contribution in [2.75, 3.05) is 31.2 Å². The number of alkyl halides is 3. The fourth-order valence-electron chi connectivity index (χ4n) is 3.54. The third kappa shape index (κ3) is 4.26. The number of nitrogens with one attached hydrogen (secondary N) is 2. The van der Waals surface area contributed by atoms with E-state index in [0.29, 0.717) is 29.4 Å². The van der Waals surface area contributed by atoms with E-state index in [1.807, 2.05) is 10.6 Å². The van der Waals surface area contributed by atoms with Crippen LogP contribution in [0.15, 0.2) is 23.4 Å². The lowest BCUT2D eigenvalue weighted by molar-refractivity contribution is 0.150. The second kappa shape index (κ2) is 8.23. The van der Waals surface area contributed by atoms with Crippen LogP contribution in [-0.4, -0.2) is 57.5 Å². The van der Waals surface area contributed by atoms with Gasteiger partial charge in [0.25, 0.3) is 6.43 Å². The second-order valence-electron chi connectivity index (χ2n) is 8.16. The summed E-state index contributed by atoms with van der Waals surface area (Å²) in [6.07, 6.45) is 3.16. The van der Waals surface area contributed by atoms with Crippen molar-refractivity contribution in [3.05, 3.63) is 23.5 Å². The standard InChI is InChI=1S/C19H22F3N7S2/c1-19(2-3-19)27-31-12-6-13(28-5-4-23-11(7-20)9-28)16-24-8-14(29(16)10-12)17-25-26-18(30-17)15(21)22/h6,8,10-11,15,23,27H,2-5,7,9H2,1H3/t11-/m1/s1. The fraction of sp³-hybridized carbons (Fsp3) is 0.526. The van der Waals surface area contributed by atoms with Crippen LogP contribution in [0.4, 0.5) is 18.9 Å². The number of anilines is 1. The highest BCUT2D eigenvalue weighted by molar-refractivity contribution is 7.97. The number of nitrogens with zero attached hydrogens (tertiary/aromatic N) is 5. The normalized spacial score (nSPS) is 20.7. The third-order valence-electron chi connectivity index (χ3n) is 5.61. The lowest BCUT2D eigenvalue weighted by atomic mass is 10.2. The number of rotatable bonds is 7. The SMILES string of the molecule is CC1(NSc2cc(N3CCN[C@H](CF)C3)c3ncc(-c4nnc(C(F)F)s4)n3c2)CC1. The van der Waals surface area contributed by atoms with Crippen molar-refractivity contribution >= 4 is 34.6 Å². The average molecular weight is 470 g/mol. The van der Waals surface area contributed by atoms with Gasteiger partial charge in [-0.15, -0.1) is 10.2 Å². The summed E-state index contributed by atoms with van der Waals surface area (Å²) in [4.78, 5) is 7.65. The smallest absolute Gasteiger partial charge is 0.291 e. The predicted octanol–water partition coefficient (Wildman–Crippen LogP) is 3.69. The van der Waals surface area contributed by atoms with Crippen LogP contribution in [0.2, 0.25) is 0 Å². The molecule has 2 fully saturated rings. The van der Waals surface area contributed by atoms with Crippen molar-refractivity contribution in [2.45, 2.75) is 42.7 Å². The van der Waals surface area contributed by atoms with Gasteiger partial charge in [0.1, 0.15) is 12.4 Å². The van der Waals surface area contributed by atoms with Crippen molar-refractivity contribution in [1.82, 2.24) is 29.6 Å². The molecule has 1 aliphatic carbocycles. The van der Waals surface area contributed by atoms with Crippen LogP contribution in [0.25, 0.3) is 16.3 Å². The number of halogens is 3. The molecule has 1 aliphatic heterocycles. The molecule has 0 unspecified atom stereocenters. The van der Waals surface area contributed by atoms with E-state index < -0.39 is 13.1 Å². The Hall–Kier alpha value is -1.89. The molecule has 0 aromatic carbocycles. The molecule has 0 radical (unpaired) electrons. The summed E-state index contributed by atoms with van der Waals surface area (Å²) < 4.78 is 44.7. The number of hydrogen-bond acceptors (Lipinski definition) is 8. The first-order valence-electron chi connectivity index (χ1n) is 10.1. The van der Waals surface area contributed by atoms with Crippen LogP contribution in [-0.2, 0) is 0 Å². The molecule has 2 N–H and O–H groups in total. The minimum atomic E-state index is -2.66. The molecule has 5 rings (SSSR count). The first-order valence-corrected chi connectivity index (χ1v) is 11.7. The minimum absolute atomic E-state index is 0.136. The van der Waals surface area contributed by atoms with Crippen molar-refractivity contribution < 1.29 is 13.2 Å². The zero-order valence-electron chi connectivity index (χ0n) is 16.8. The molecule has 3 aromatic heterocycles. The molecule has 166 valence electrons. The Morgan fingerprint density at radius 2 is 2.23 bits per heavy atom. The highest BCUT2D eigenvalue weighted by Gasteiger charge is 2.37. The molecule has 2 aliphatic rings. The van der Waals surface area contributed by atoms with E-state index in [-0.39, 0.29) is 16.6 Å². The number of piperazine rings is 1. The molecule has 3 aromatic rings. The van der Waals surface area contributed by atoms with Gasteiger partial charge >= 0.3 is 0 Å². The van der Waals surface area contributed by atoms with E-state index in [0.717, 1.165) is 41.3 Å². The minimum Gasteiger partial charge on any atom is -0.366 e. The van der Waals surface area contributed by atoms with Gasteiger partial charge in [-0.25, -0.2) is 18.2 Å². The number of imidazole rings is 1. The van der Waals surface area contributed by atoms with E-state index in [1.165, 1.54) is 11.9 Å². The van der Waals surface area contributed by atoms with E-state index in [9.17, 15) is 13.2 Å². The van der Waals surface area contributed by atoms with E-state index in [2.05, 4.69) is 43.1 Å². The Morgan fingerprint density at radius 1 is 1.39 bits per heavy atom. The zero-order chi connectivity index (χ0) is 21.6. The second-order valence-corrected chi connectivity index (χ2v) is 10.0. The van der Waals surface area contributed by atoms with Gasteiger partial charge in [0, 0.05) is 36.3 Å². The molecule has 7 nitrogen and oxygen atoms in total. The summed E-state index contributed by atoms with van der Waals surface area (Å²) in [5, 5.41) is 10.8. The third-order valence-corrected chi connectivity index (χ3v) is 7.61. The van der Waals surface area contributed by atoms with Gasteiger partial charge in [0.2, 0.25) is 0 Å². The summed E-state index contributed by atoms with van der Waals surface area (Å²) >= 11 is 2.40. The van der Waals surface area contributed by atoms with Gasteiger partial charge in [-0.05, 0) is 37.8 Å². The molecule has 1 saturated carbocycles. The number of pyridine rings is 1.